The molecule has 0 spiro atoms. The second-order valence-electron chi connectivity index (χ2n) is 7.67. The lowest BCUT2D eigenvalue weighted by Crippen LogP contribution is -2.29. The van der Waals surface area contributed by atoms with Gasteiger partial charge in [-0.25, -0.2) is 4.85 Å². The molecule has 4 nitrogen and oxygen atoms in total. The van der Waals surface area contributed by atoms with Gasteiger partial charge in [0.2, 0.25) is 0 Å². The Kier molecular flexibility index (Phi) is 6.91. The minimum absolute atomic E-state index is 0.0449. The van der Waals surface area contributed by atoms with Gasteiger partial charge in [-0.15, -0.1) is 0 Å². The lowest BCUT2D eigenvalue weighted by atomic mass is 9.89. The van der Waals surface area contributed by atoms with Crippen LogP contribution in [0.3, 0.4) is 0 Å². The van der Waals surface area contributed by atoms with E-state index in [4.69, 9.17) is 46.1 Å². The van der Waals surface area contributed by atoms with Crippen molar-refractivity contribution < 1.29 is 9.53 Å². The summed E-state index contributed by atoms with van der Waals surface area (Å²) < 4.78 is 6.03. The molecule has 3 aromatic rings. The smallest absolute Gasteiger partial charge is 0.253 e. The number of benzene rings is 3. The molecule has 162 valence electrons. The Labute approximate surface area is 202 Å². The van der Waals surface area contributed by atoms with E-state index in [1.807, 2.05) is 29.2 Å². The molecule has 0 aliphatic carbocycles. The normalized spacial score (nSPS) is 17.8. The quantitative estimate of drug-likeness (QED) is 0.360. The Balaban J connectivity index is 1.56. The van der Waals surface area contributed by atoms with Crippen LogP contribution in [0.4, 0.5) is 5.69 Å². The van der Waals surface area contributed by atoms with Crippen LogP contribution in [-0.4, -0.2) is 30.5 Å². The fourth-order valence-corrected chi connectivity index (χ4v) is 4.35. The van der Waals surface area contributed by atoms with Crippen LogP contribution in [0, 0.1) is 12.5 Å². The molecule has 7 heteroatoms. The molecule has 1 heterocycles. The van der Waals surface area contributed by atoms with Crippen molar-refractivity contribution >= 4 is 46.4 Å². The minimum Gasteiger partial charge on any atom is -0.493 e. The summed E-state index contributed by atoms with van der Waals surface area (Å²) in [6.45, 7) is 8.60. The van der Waals surface area contributed by atoms with Gasteiger partial charge >= 0.3 is 0 Å². The molecule has 4 rings (SSSR count). The highest BCUT2D eigenvalue weighted by Gasteiger charge is 2.37. The SMILES string of the molecule is [C-]#[N+]c1ccc(C(=O)N2C[C@@H](COc3ccc(Cl)cc3)[C@H](c3ccc(Cl)c(Cl)c3)C2)cc1. The van der Waals surface area contributed by atoms with Crippen molar-refractivity contribution in [3.05, 3.63) is 104 Å². The van der Waals surface area contributed by atoms with Crippen molar-refractivity contribution in [1.82, 2.24) is 4.90 Å². The molecule has 3 aromatic carbocycles. The van der Waals surface area contributed by atoms with Gasteiger partial charge in [-0.3, -0.25) is 4.79 Å². The Morgan fingerprint density at radius 2 is 1.69 bits per heavy atom. The second-order valence-corrected chi connectivity index (χ2v) is 8.92. The van der Waals surface area contributed by atoms with E-state index in [1.165, 1.54) is 0 Å². The second kappa shape index (κ2) is 9.83. The molecular formula is C25H19Cl3N2O2. The van der Waals surface area contributed by atoms with E-state index in [9.17, 15) is 4.79 Å². The van der Waals surface area contributed by atoms with Crippen LogP contribution in [0.25, 0.3) is 4.85 Å². The number of hydrogen-bond acceptors (Lipinski definition) is 2. The van der Waals surface area contributed by atoms with Gasteiger partial charge in [0.05, 0.1) is 23.2 Å². The molecule has 0 unspecified atom stereocenters. The third-order valence-electron chi connectivity index (χ3n) is 5.62. The molecular weight excluding hydrogens is 467 g/mol. The lowest BCUT2D eigenvalue weighted by molar-refractivity contribution is 0.0782. The molecule has 0 radical (unpaired) electrons. The standard InChI is InChI=1S/C25H19Cl3N2O2/c1-29-20-7-2-16(3-8-20)25(31)30-13-18(15-32-21-9-5-19(26)6-10-21)22(14-30)17-4-11-23(27)24(28)12-17/h2-12,18,22H,13-15H2/t18-,22-/m0/s1. The summed E-state index contributed by atoms with van der Waals surface area (Å²) in [6.07, 6.45) is 0. The van der Waals surface area contributed by atoms with Gasteiger partial charge in [-0.2, -0.15) is 0 Å². The summed E-state index contributed by atoms with van der Waals surface area (Å²) in [6, 6.07) is 19.5. The largest absolute Gasteiger partial charge is 0.493 e. The van der Waals surface area contributed by atoms with E-state index in [-0.39, 0.29) is 17.7 Å². The molecule has 1 fully saturated rings. The summed E-state index contributed by atoms with van der Waals surface area (Å²) in [5.74, 6) is 0.764. The maximum Gasteiger partial charge on any atom is 0.253 e. The van der Waals surface area contributed by atoms with E-state index < -0.39 is 0 Å². The number of rotatable bonds is 5. The molecule has 1 aliphatic heterocycles. The summed E-state index contributed by atoms with van der Waals surface area (Å²) >= 11 is 18.3. The lowest BCUT2D eigenvalue weighted by Gasteiger charge is -2.19. The number of hydrogen-bond donors (Lipinski definition) is 0. The Hall–Kier alpha value is -2.71. The van der Waals surface area contributed by atoms with Crippen LogP contribution in [0.2, 0.25) is 15.1 Å². The number of carbonyl (C=O) groups is 1. The first-order valence-electron chi connectivity index (χ1n) is 10.0. The highest BCUT2D eigenvalue weighted by Crippen LogP contribution is 2.36. The number of halogens is 3. The van der Waals surface area contributed by atoms with E-state index >= 15 is 0 Å². The zero-order valence-electron chi connectivity index (χ0n) is 17.0. The van der Waals surface area contributed by atoms with Crippen molar-refractivity contribution in [1.29, 1.82) is 0 Å². The predicted octanol–water partition coefficient (Wildman–Crippen LogP) is 7.13. The van der Waals surface area contributed by atoms with Crippen LogP contribution in [0.15, 0.2) is 66.7 Å². The van der Waals surface area contributed by atoms with Gasteiger partial charge < -0.3 is 9.64 Å². The van der Waals surface area contributed by atoms with Crippen LogP contribution in [-0.2, 0) is 0 Å². The summed E-state index contributed by atoms with van der Waals surface area (Å²) in [4.78, 5) is 18.4. The highest BCUT2D eigenvalue weighted by molar-refractivity contribution is 6.42. The number of nitrogens with zero attached hydrogens (tertiary/aromatic N) is 2. The molecule has 0 saturated carbocycles. The van der Waals surface area contributed by atoms with Gasteiger partial charge in [0.15, 0.2) is 5.69 Å². The maximum absolute atomic E-state index is 13.1. The maximum atomic E-state index is 13.1. The number of amides is 1. The summed E-state index contributed by atoms with van der Waals surface area (Å²) in [7, 11) is 0. The van der Waals surface area contributed by atoms with Gasteiger partial charge in [0.1, 0.15) is 5.75 Å². The number of likely N-dealkylation sites (tertiary alicyclic amines) is 1. The first kappa shape index (κ1) is 22.5. The molecule has 32 heavy (non-hydrogen) atoms. The van der Waals surface area contributed by atoms with E-state index in [0.717, 1.165) is 11.3 Å². The average Bonchev–Trinajstić information content (AvgIpc) is 3.24. The Morgan fingerprint density at radius 3 is 2.34 bits per heavy atom. The zero-order valence-corrected chi connectivity index (χ0v) is 19.2. The molecule has 0 bridgehead atoms. The summed E-state index contributed by atoms with van der Waals surface area (Å²) in [5, 5.41) is 1.63. The molecule has 1 amide bonds. The van der Waals surface area contributed by atoms with E-state index in [2.05, 4.69) is 4.85 Å². The van der Waals surface area contributed by atoms with E-state index in [1.54, 1.807) is 42.5 Å². The van der Waals surface area contributed by atoms with Crippen LogP contribution < -0.4 is 4.74 Å². The van der Waals surface area contributed by atoms with Crippen LogP contribution in [0.1, 0.15) is 21.8 Å². The monoisotopic (exact) mass is 484 g/mol. The van der Waals surface area contributed by atoms with Crippen LogP contribution >= 0.6 is 34.8 Å². The number of carbonyl (C=O) groups excluding carboxylic acids is 1. The first-order chi connectivity index (χ1) is 15.4. The van der Waals surface area contributed by atoms with Crippen molar-refractivity contribution in [2.24, 2.45) is 5.92 Å². The molecule has 0 aromatic heterocycles. The number of ether oxygens (including phenoxy) is 1. The third kappa shape index (κ3) is 5.02. The fourth-order valence-electron chi connectivity index (χ4n) is 3.92. The molecule has 1 aliphatic rings. The van der Waals surface area contributed by atoms with Crippen molar-refractivity contribution in [2.45, 2.75) is 5.92 Å². The molecule has 1 saturated heterocycles. The van der Waals surface area contributed by atoms with E-state index in [0.29, 0.717) is 46.0 Å². The Morgan fingerprint density at radius 1 is 0.969 bits per heavy atom. The third-order valence-corrected chi connectivity index (χ3v) is 6.61. The topological polar surface area (TPSA) is 33.9 Å². The molecule has 2 atom stereocenters. The van der Waals surface area contributed by atoms with Crippen molar-refractivity contribution in [2.75, 3.05) is 19.7 Å². The molecule has 0 N–H and O–H groups in total. The zero-order chi connectivity index (χ0) is 22.7. The predicted molar refractivity (Wildman–Crippen MR) is 128 cm³/mol. The van der Waals surface area contributed by atoms with Gasteiger partial charge in [-0.05, 0) is 42.0 Å². The van der Waals surface area contributed by atoms with Crippen molar-refractivity contribution in [3.63, 3.8) is 0 Å². The van der Waals surface area contributed by atoms with Crippen molar-refractivity contribution in [3.8, 4) is 5.75 Å². The minimum atomic E-state index is -0.0689. The van der Waals surface area contributed by atoms with Crippen LogP contribution in [0.5, 0.6) is 5.75 Å². The first-order valence-corrected chi connectivity index (χ1v) is 11.2. The van der Waals surface area contributed by atoms with Gasteiger partial charge in [-0.1, -0.05) is 65.1 Å². The Bertz CT molecular complexity index is 1160. The highest BCUT2D eigenvalue weighted by atomic mass is 35.5. The van der Waals surface area contributed by atoms with Gasteiger partial charge in [0.25, 0.3) is 5.91 Å². The summed E-state index contributed by atoms with van der Waals surface area (Å²) in [5.41, 5.74) is 2.08. The van der Waals surface area contributed by atoms with Gasteiger partial charge in [0, 0.05) is 35.5 Å². The fraction of sp³-hybridized carbons (Fsp3) is 0.200. The average molecular weight is 486 g/mol.